The van der Waals surface area contributed by atoms with Gasteiger partial charge in [0.1, 0.15) is 0 Å². The highest BCUT2D eigenvalue weighted by Crippen LogP contribution is 2.22. The Kier molecular flexibility index (Phi) is 6.87. The van der Waals surface area contributed by atoms with E-state index in [4.69, 9.17) is 23.2 Å². The zero-order valence-corrected chi connectivity index (χ0v) is 13.6. The fourth-order valence-corrected chi connectivity index (χ4v) is 2.02. The van der Waals surface area contributed by atoms with Crippen molar-refractivity contribution in [2.24, 2.45) is 0 Å². The average molecular weight is 333 g/mol. The van der Waals surface area contributed by atoms with E-state index in [0.29, 0.717) is 5.02 Å². The first-order valence-corrected chi connectivity index (χ1v) is 7.12. The standard InChI is InChI=1S/C13H18Cl2N4O2/c1-8(2)17-11(20)6-19(3)7-12(21)18-13-10(15)4-9(14)5-16-13/h4-5,8H,6-7H2,1-3H3,(H,17,20)(H,16,18,21). The van der Waals surface area contributed by atoms with Gasteiger partial charge in [0.05, 0.1) is 23.1 Å². The highest BCUT2D eigenvalue weighted by molar-refractivity contribution is 6.36. The van der Waals surface area contributed by atoms with Gasteiger partial charge in [-0.25, -0.2) is 4.98 Å². The third-order valence-corrected chi connectivity index (χ3v) is 2.84. The molecule has 0 saturated carbocycles. The van der Waals surface area contributed by atoms with E-state index in [2.05, 4.69) is 15.6 Å². The molecule has 8 heteroatoms. The van der Waals surface area contributed by atoms with E-state index in [1.807, 2.05) is 13.8 Å². The molecule has 2 N–H and O–H groups in total. The summed E-state index contributed by atoms with van der Waals surface area (Å²) in [5.41, 5.74) is 0. The van der Waals surface area contributed by atoms with Gasteiger partial charge in [-0.15, -0.1) is 0 Å². The lowest BCUT2D eigenvalue weighted by Gasteiger charge is -2.17. The molecular formula is C13H18Cl2N4O2. The molecule has 116 valence electrons. The summed E-state index contributed by atoms with van der Waals surface area (Å²) in [6.07, 6.45) is 1.39. The van der Waals surface area contributed by atoms with Crippen molar-refractivity contribution in [3.63, 3.8) is 0 Å². The van der Waals surface area contributed by atoms with E-state index in [1.54, 1.807) is 11.9 Å². The molecule has 6 nitrogen and oxygen atoms in total. The van der Waals surface area contributed by atoms with Crippen LogP contribution in [0.2, 0.25) is 10.0 Å². The Bertz CT molecular complexity index is 523. The van der Waals surface area contributed by atoms with Gasteiger partial charge in [-0.05, 0) is 27.0 Å². The number of nitrogens with zero attached hydrogens (tertiary/aromatic N) is 2. The van der Waals surface area contributed by atoms with Crippen molar-refractivity contribution in [1.82, 2.24) is 15.2 Å². The summed E-state index contributed by atoms with van der Waals surface area (Å²) in [4.78, 5) is 28.9. The molecule has 0 spiro atoms. The molecule has 0 radical (unpaired) electrons. The lowest BCUT2D eigenvalue weighted by Crippen LogP contribution is -2.41. The first-order chi connectivity index (χ1) is 9.77. The third-order valence-electron chi connectivity index (χ3n) is 2.34. The van der Waals surface area contributed by atoms with Crippen LogP contribution >= 0.6 is 23.2 Å². The molecule has 0 atom stereocenters. The van der Waals surface area contributed by atoms with Crippen molar-refractivity contribution in [2.45, 2.75) is 19.9 Å². The molecule has 0 aliphatic heterocycles. The Morgan fingerprint density at radius 1 is 1.29 bits per heavy atom. The fraction of sp³-hybridized carbons (Fsp3) is 0.462. The summed E-state index contributed by atoms with van der Waals surface area (Å²) in [5, 5.41) is 5.97. The Hall–Kier alpha value is -1.37. The van der Waals surface area contributed by atoms with Gasteiger partial charge in [0.15, 0.2) is 5.82 Å². The number of nitrogens with one attached hydrogen (secondary N) is 2. The highest BCUT2D eigenvalue weighted by atomic mass is 35.5. The maximum atomic E-state index is 11.8. The molecule has 0 bridgehead atoms. The first kappa shape index (κ1) is 17.7. The highest BCUT2D eigenvalue weighted by Gasteiger charge is 2.13. The zero-order chi connectivity index (χ0) is 16.0. The van der Waals surface area contributed by atoms with Crippen molar-refractivity contribution < 1.29 is 9.59 Å². The summed E-state index contributed by atoms with van der Waals surface area (Å²) in [7, 11) is 1.68. The van der Waals surface area contributed by atoms with Gasteiger partial charge in [-0.2, -0.15) is 0 Å². The van der Waals surface area contributed by atoms with Crippen LogP contribution in [0.4, 0.5) is 5.82 Å². The van der Waals surface area contributed by atoms with Gasteiger partial charge in [-0.3, -0.25) is 14.5 Å². The summed E-state index contributed by atoms with van der Waals surface area (Å²) in [6, 6.07) is 1.56. The molecule has 2 amide bonds. The van der Waals surface area contributed by atoms with Crippen molar-refractivity contribution >= 4 is 40.8 Å². The number of hydrogen-bond donors (Lipinski definition) is 2. The maximum absolute atomic E-state index is 11.8. The van der Waals surface area contributed by atoms with Crippen LogP contribution in [0.1, 0.15) is 13.8 Å². The summed E-state index contributed by atoms with van der Waals surface area (Å²) in [5.74, 6) is -0.208. The predicted molar refractivity (Wildman–Crippen MR) is 83.7 cm³/mol. The van der Waals surface area contributed by atoms with E-state index in [-0.39, 0.29) is 41.8 Å². The number of halogens is 2. The zero-order valence-electron chi connectivity index (χ0n) is 12.1. The van der Waals surface area contributed by atoms with E-state index >= 15 is 0 Å². The van der Waals surface area contributed by atoms with Gasteiger partial charge in [0, 0.05) is 12.2 Å². The quantitative estimate of drug-likeness (QED) is 0.832. The van der Waals surface area contributed by atoms with Crippen LogP contribution in [0.3, 0.4) is 0 Å². The second kappa shape index (κ2) is 8.17. The van der Waals surface area contributed by atoms with E-state index in [0.717, 1.165) is 0 Å². The number of carbonyl (C=O) groups excluding carboxylic acids is 2. The summed E-state index contributed by atoms with van der Waals surface area (Å²) < 4.78 is 0. The minimum atomic E-state index is -0.313. The number of carbonyl (C=O) groups is 2. The number of pyridine rings is 1. The molecule has 21 heavy (non-hydrogen) atoms. The molecule has 0 unspecified atom stereocenters. The normalized spacial score (nSPS) is 10.8. The van der Waals surface area contributed by atoms with Gasteiger partial charge in [0.25, 0.3) is 0 Å². The van der Waals surface area contributed by atoms with Crippen LogP contribution in [-0.2, 0) is 9.59 Å². The number of likely N-dealkylation sites (N-methyl/N-ethyl adjacent to an activating group) is 1. The van der Waals surface area contributed by atoms with Crippen LogP contribution in [0.5, 0.6) is 0 Å². The van der Waals surface area contributed by atoms with Crippen LogP contribution < -0.4 is 10.6 Å². The predicted octanol–water partition coefficient (Wildman–Crippen LogP) is 1.78. The Balaban J connectivity index is 2.47. The van der Waals surface area contributed by atoms with Crippen molar-refractivity contribution in [1.29, 1.82) is 0 Å². The average Bonchev–Trinajstić information content (AvgIpc) is 2.31. The Labute approximate surface area is 133 Å². The smallest absolute Gasteiger partial charge is 0.239 e. The lowest BCUT2D eigenvalue weighted by molar-refractivity contribution is -0.123. The minimum absolute atomic E-state index is 0.0478. The van der Waals surface area contributed by atoms with Gasteiger partial charge >= 0.3 is 0 Å². The van der Waals surface area contributed by atoms with Crippen LogP contribution in [-0.4, -0.2) is 47.9 Å². The molecule has 0 saturated heterocycles. The maximum Gasteiger partial charge on any atom is 0.239 e. The minimum Gasteiger partial charge on any atom is -0.353 e. The second-order valence-electron chi connectivity index (χ2n) is 4.93. The van der Waals surface area contributed by atoms with E-state index < -0.39 is 0 Å². The molecule has 1 aromatic heterocycles. The topological polar surface area (TPSA) is 74.3 Å². The Morgan fingerprint density at radius 3 is 2.48 bits per heavy atom. The van der Waals surface area contributed by atoms with Crippen LogP contribution in [0.15, 0.2) is 12.3 Å². The lowest BCUT2D eigenvalue weighted by atomic mass is 10.3. The van der Waals surface area contributed by atoms with Gasteiger partial charge in [0.2, 0.25) is 11.8 Å². The van der Waals surface area contributed by atoms with E-state index in [1.165, 1.54) is 12.3 Å². The fourth-order valence-electron chi connectivity index (χ4n) is 1.59. The SMILES string of the molecule is CC(C)NC(=O)CN(C)CC(=O)Nc1ncc(Cl)cc1Cl. The second-order valence-corrected chi connectivity index (χ2v) is 5.77. The van der Waals surface area contributed by atoms with Crippen molar-refractivity contribution in [3.8, 4) is 0 Å². The molecule has 1 aromatic rings. The van der Waals surface area contributed by atoms with Crippen molar-refractivity contribution in [2.75, 3.05) is 25.5 Å². The van der Waals surface area contributed by atoms with Crippen LogP contribution in [0, 0.1) is 0 Å². The molecule has 0 aliphatic carbocycles. The largest absolute Gasteiger partial charge is 0.353 e. The summed E-state index contributed by atoms with van der Waals surface area (Å²) in [6.45, 7) is 3.93. The molecule has 1 heterocycles. The molecular weight excluding hydrogens is 315 g/mol. The van der Waals surface area contributed by atoms with Gasteiger partial charge < -0.3 is 10.6 Å². The molecule has 0 fully saturated rings. The number of hydrogen-bond acceptors (Lipinski definition) is 4. The van der Waals surface area contributed by atoms with Gasteiger partial charge in [-0.1, -0.05) is 23.2 Å². The van der Waals surface area contributed by atoms with Crippen LogP contribution in [0.25, 0.3) is 0 Å². The molecule has 0 aromatic carbocycles. The molecule has 0 aliphatic rings. The molecule has 1 rings (SSSR count). The van der Waals surface area contributed by atoms with E-state index in [9.17, 15) is 9.59 Å². The monoisotopic (exact) mass is 332 g/mol. The number of aromatic nitrogens is 1. The summed E-state index contributed by atoms with van der Waals surface area (Å²) >= 11 is 11.6. The number of amides is 2. The number of anilines is 1. The van der Waals surface area contributed by atoms with Crippen molar-refractivity contribution in [3.05, 3.63) is 22.3 Å². The third kappa shape index (κ3) is 6.75. The first-order valence-electron chi connectivity index (χ1n) is 6.36. The Morgan fingerprint density at radius 2 is 1.90 bits per heavy atom. The number of rotatable bonds is 6.